The Morgan fingerprint density at radius 1 is 0.712 bits per heavy atom. The van der Waals surface area contributed by atoms with Gasteiger partial charge >= 0.3 is 0 Å². The highest BCUT2D eigenvalue weighted by Crippen LogP contribution is 2.67. The average Bonchev–Trinajstić information content (AvgIpc) is 3.61. The second-order valence-electron chi connectivity index (χ2n) is 20.2. The molecule has 5 heteroatoms. The normalized spacial score (nSPS) is 34.7. The Hall–Kier alpha value is -2.80. The molecule has 59 heavy (non-hydrogen) atoms. The van der Waals surface area contributed by atoms with Crippen molar-refractivity contribution in [3.05, 3.63) is 119 Å². The molecule has 0 amide bonds. The molecule has 0 aromatic heterocycles. The van der Waals surface area contributed by atoms with E-state index in [1.165, 1.54) is 57.8 Å². The van der Waals surface area contributed by atoms with Gasteiger partial charge in [-0.2, -0.15) is 0 Å². The molecule has 8 rings (SSSR count). The topological polar surface area (TPSA) is 46.2 Å². The third-order valence-corrected chi connectivity index (χ3v) is 16.1. The summed E-state index contributed by atoms with van der Waals surface area (Å²) < 4.78 is 33.9. The maximum Gasteiger partial charge on any atom is 0.161 e. The number of hydrogen-bond donors (Lipinski definition) is 0. The molecule has 1 saturated heterocycles. The minimum absolute atomic E-state index is 0.134. The maximum absolute atomic E-state index is 7.07. The van der Waals surface area contributed by atoms with Crippen LogP contribution in [0, 0.1) is 46.3 Å². The molecule has 3 aromatic rings. The highest BCUT2D eigenvalue weighted by Gasteiger charge is 2.59. The van der Waals surface area contributed by atoms with Crippen LogP contribution in [0.25, 0.3) is 0 Å². The van der Waals surface area contributed by atoms with E-state index in [1.54, 1.807) is 5.57 Å². The van der Waals surface area contributed by atoms with Crippen molar-refractivity contribution < 1.29 is 23.7 Å². The zero-order valence-electron chi connectivity index (χ0n) is 36.9. The van der Waals surface area contributed by atoms with Gasteiger partial charge in [-0.15, -0.1) is 0 Å². The summed E-state index contributed by atoms with van der Waals surface area (Å²) in [6.45, 7) is 14.6. The number of rotatable bonds is 17. The van der Waals surface area contributed by atoms with Crippen molar-refractivity contribution in [2.75, 3.05) is 6.61 Å². The Morgan fingerprint density at radius 3 is 2.05 bits per heavy atom. The zero-order valence-corrected chi connectivity index (χ0v) is 36.9. The van der Waals surface area contributed by atoms with Crippen LogP contribution in [0.1, 0.15) is 128 Å². The molecule has 5 nitrogen and oxygen atoms in total. The van der Waals surface area contributed by atoms with Gasteiger partial charge in [-0.25, -0.2) is 0 Å². The van der Waals surface area contributed by atoms with Crippen LogP contribution < -0.4 is 0 Å². The Kier molecular flexibility index (Phi) is 14.2. The minimum atomic E-state index is -0.391. The molecular formula is C54H74O5. The van der Waals surface area contributed by atoms with Gasteiger partial charge in [0.1, 0.15) is 12.2 Å². The predicted molar refractivity (Wildman–Crippen MR) is 237 cm³/mol. The van der Waals surface area contributed by atoms with Crippen molar-refractivity contribution in [2.45, 2.75) is 162 Å². The molecule has 1 heterocycles. The number of hydrogen-bond acceptors (Lipinski definition) is 5. The van der Waals surface area contributed by atoms with Crippen molar-refractivity contribution in [1.29, 1.82) is 0 Å². The summed E-state index contributed by atoms with van der Waals surface area (Å²) in [6, 6.07) is 31.2. The van der Waals surface area contributed by atoms with Gasteiger partial charge in [-0.3, -0.25) is 0 Å². The van der Waals surface area contributed by atoms with Crippen LogP contribution in [0.3, 0.4) is 0 Å². The molecule has 0 bridgehead atoms. The van der Waals surface area contributed by atoms with Crippen LogP contribution >= 0.6 is 0 Å². The van der Waals surface area contributed by atoms with Gasteiger partial charge in [0, 0.05) is 6.42 Å². The molecule has 3 saturated carbocycles. The summed E-state index contributed by atoms with van der Waals surface area (Å²) in [4.78, 5) is 0. The van der Waals surface area contributed by atoms with Crippen molar-refractivity contribution >= 4 is 0 Å². The van der Waals surface area contributed by atoms with Crippen LogP contribution in [-0.4, -0.2) is 37.3 Å². The van der Waals surface area contributed by atoms with E-state index in [4.69, 9.17) is 23.7 Å². The molecule has 12 atom stereocenters. The molecule has 4 fully saturated rings. The molecular weight excluding hydrogens is 729 g/mol. The smallest absolute Gasteiger partial charge is 0.161 e. The maximum atomic E-state index is 7.07. The van der Waals surface area contributed by atoms with Gasteiger partial charge in [-0.05, 0) is 114 Å². The zero-order chi connectivity index (χ0) is 40.8. The lowest BCUT2D eigenvalue weighted by molar-refractivity contribution is -0.290. The monoisotopic (exact) mass is 803 g/mol. The molecule has 0 radical (unpaired) electrons. The van der Waals surface area contributed by atoms with Crippen LogP contribution in [0.15, 0.2) is 103 Å². The third-order valence-electron chi connectivity index (χ3n) is 16.1. The first-order valence-corrected chi connectivity index (χ1v) is 23.6. The van der Waals surface area contributed by atoms with Gasteiger partial charge in [0.2, 0.25) is 0 Å². The van der Waals surface area contributed by atoms with Crippen molar-refractivity contribution in [3.8, 4) is 0 Å². The SMILES string of the molecule is CC(C)CCCC(C)[C@H]1CCC2C3CC=C4C[C@@H](OC5C[C@@H](OCc6ccccc6)[C@H](OCc6ccccc6)[C@@H](COCc6ccccc6)O5)CC[C@]4(C)C3CC[C@@]21C. The van der Waals surface area contributed by atoms with E-state index in [0.29, 0.717) is 38.3 Å². The molecule has 0 N–H and O–H groups in total. The molecule has 3 aromatic carbocycles. The molecule has 0 spiro atoms. The molecule has 5 unspecified atom stereocenters. The van der Waals surface area contributed by atoms with Gasteiger partial charge in [0.25, 0.3) is 0 Å². The summed E-state index contributed by atoms with van der Waals surface area (Å²) in [5.74, 6) is 5.08. The molecule has 5 aliphatic rings. The van der Waals surface area contributed by atoms with Crippen molar-refractivity contribution in [3.63, 3.8) is 0 Å². The first kappa shape index (κ1) is 42.9. The van der Waals surface area contributed by atoms with E-state index in [2.05, 4.69) is 120 Å². The second-order valence-corrected chi connectivity index (χ2v) is 20.2. The summed E-state index contributed by atoms with van der Waals surface area (Å²) in [6.07, 6.45) is 16.6. The largest absolute Gasteiger partial charge is 0.374 e. The molecule has 1 aliphatic heterocycles. The lowest BCUT2D eigenvalue weighted by Gasteiger charge is -2.58. The first-order valence-electron chi connectivity index (χ1n) is 23.6. The number of benzene rings is 3. The van der Waals surface area contributed by atoms with Crippen LogP contribution in [0.2, 0.25) is 0 Å². The first-order chi connectivity index (χ1) is 28.7. The van der Waals surface area contributed by atoms with Crippen LogP contribution in [0.5, 0.6) is 0 Å². The fourth-order valence-electron chi connectivity index (χ4n) is 12.9. The Balaban J connectivity index is 0.949. The second kappa shape index (κ2) is 19.5. The van der Waals surface area contributed by atoms with E-state index in [1.807, 2.05) is 12.1 Å². The summed E-state index contributed by atoms with van der Waals surface area (Å²) in [5.41, 5.74) is 5.88. The third kappa shape index (κ3) is 9.97. The van der Waals surface area contributed by atoms with Gasteiger partial charge in [0.15, 0.2) is 6.29 Å². The van der Waals surface area contributed by atoms with Gasteiger partial charge in [-0.1, -0.05) is 157 Å². The van der Waals surface area contributed by atoms with E-state index in [0.717, 1.165) is 65.0 Å². The highest BCUT2D eigenvalue weighted by atomic mass is 16.7. The van der Waals surface area contributed by atoms with Crippen molar-refractivity contribution in [2.24, 2.45) is 46.3 Å². The minimum Gasteiger partial charge on any atom is -0.374 e. The van der Waals surface area contributed by atoms with E-state index < -0.39 is 6.29 Å². The molecule has 4 aliphatic carbocycles. The predicted octanol–water partition coefficient (Wildman–Crippen LogP) is 12.9. The number of ether oxygens (including phenoxy) is 5. The lowest BCUT2D eigenvalue weighted by Crippen LogP contribution is -2.54. The fourth-order valence-corrected chi connectivity index (χ4v) is 12.9. The van der Waals surface area contributed by atoms with Gasteiger partial charge < -0.3 is 23.7 Å². The van der Waals surface area contributed by atoms with E-state index in [9.17, 15) is 0 Å². The van der Waals surface area contributed by atoms with E-state index >= 15 is 0 Å². The van der Waals surface area contributed by atoms with E-state index in [-0.39, 0.29) is 29.8 Å². The molecule has 320 valence electrons. The van der Waals surface area contributed by atoms with Crippen LogP contribution in [0.4, 0.5) is 0 Å². The quantitative estimate of drug-likeness (QED) is 0.127. The summed E-state index contributed by atoms with van der Waals surface area (Å²) >= 11 is 0. The van der Waals surface area contributed by atoms with Crippen molar-refractivity contribution in [1.82, 2.24) is 0 Å². The standard InChI is InChI=1S/C54H74O5/c1-38(2)16-15-17-39(3)46-26-27-47-45-25-24-43-32-44(28-30-53(43,4)48(45)29-31-54(46,47)5)58-51-33-49(56-35-41-20-11-7-12-21-41)52(57-36-42-22-13-8-14-23-42)50(59-51)37-55-34-40-18-9-6-10-19-40/h6-14,18-24,38-39,44-52H,15-17,25-37H2,1-5H3/t39?,44-,45?,46+,47?,48?,49+,50+,51?,52-,53-,54+/m0/s1. The number of allylic oxidation sites excluding steroid dienone is 1. The Morgan fingerprint density at radius 2 is 1.37 bits per heavy atom. The lowest BCUT2D eigenvalue weighted by atomic mass is 9.47. The van der Waals surface area contributed by atoms with Crippen LogP contribution in [-0.2, 0) is 43.5 Å². The number of fused-ring (bicyclic) bond motifs is 5. The Bertz CT molecular complexity index is 1760. The Labute approximate surface area is 357 Å². The van der Waals surface area contributed by atoms with Gasteiger partial charge in [0.05, 0.1) is 38.6 Å². The summed E-state index contributed by atoms with van der Waals surface area (Å²) in [5, 5.41) is 0. The highest BCUT2D eigenvalue weighted by molar-refractivity contribution is 5.26. The summed E-state index contributed by atoms with van der Waals surface area (Å²) in [7, 11) is 0. The average molecular weight is 803 g/mol. The fraction of sp³-hybridized carbons (Fsp3) is 0.630.